The number of methoxy groups -OCH3 is 1. The minimum Gasteiger partial charge on any atom is -0.497 e. The van der Waals surface area contributed by atoms with Gasteiger partial charge in [-0.05, 0) is 31.6 Å². The van der Waals surface area contributed by atoms with Gasteiger partial charge in [-0.25, -0.2) is 0 Å². The van der Waals surface area contributed by atoms with Gasteiger partial charge in [0.15, 0.2) is 5.76 Å². The van der Waals surface area contributed by atoms with Crippen molar-refractivity contribution in [2.45, 2.75) is 20.3 Å². The molecule has 0 radical (unpaired) electrons. The molecule has 0 unspecified atom stereocenters. The summed E-state index contributed by atoms with van der Waals surface area (Å²) in [5, 5.41) is 4.22. The van der Waals surface area contributed by atoms with Crippen molar-refractivity contribution in [3.05, 3.63) is 54.6 Å². The lowest BCUT2D eigenvalue weighted by Gasteiger charge is -2.18. The molecule has 3 aromatic rings. The van der Waals surface area contributed by atoms with E-state index in [9.17, 15) is 0 Å². The van der Waals surface area contributed by atoms with Gasteiger partial charge in [-0.3, -0.25) is 0 Å². The largest absolute Gasteiger partial charge is 0.497 e. The fourth-order valence-corrected chi connectivity index (χ4v) is 3.11. The Morgan fingerprint density at radius 3 is 2.50 bits per heavy atom. The van der Waals surface area contributed by atoms with E-state index in [-0.39, 0.29) is 0 Å². The lowest BCUT2D eigenvalue weighted by Crippen LogP contribution is -2.25. The normalized spacial score (nSPS) is 11.0. The lowest BCUT2D eigenvalue weighted by atomic mass is 10.1. The molecule has 0 N–H and O–H groups in total. The van der Waals surface area contributed by atoms with E-state index in [1.807, 2.05) is 54.6 Å². The first-order valence-corrected chi connectivity index (χ1v) is 9.80. The predicted octanol–water partition coefficient (Wildman–Crippen LogP) is 5.13. The average Bonchev–Trinajstić information content (AvgIpc) is 3.24. The Morgan fingerprint density at radius 2 is 1.79 bits per heavy atom. The molecule has 148 valence electrons. The smallest absolute Gasteiger partial charge is 0.171 e. The average molecular weight is 380 g/mol. The van der Waals surface area contributed by atoms with E-state index < -0.39 is 0 Å². The van der Waals surface area contributed by atoms with Gasteiger partial charge in [0.05, 0.1) is 19.3 Å². The molecule has 0 saturated heterocycles. The van der Waals surface area contributed by atoms with Crippen LogP contribution in [0.3, 0.4) is 0 Å². The maximum Gasteiger partial charge on any atom is 0.171 e. The van der Waals surface area contributed by atoms with Gasteiger partial charge in [-0.15, -0.1) is 0 Å². The molecule has 5 heteroatoms. The van der Waals surface area contributed by atoms with Crippen molar-refractivity contribution in [1.29, 1.82) is 0 Å². The number of ether oxygens (including phenoxy) is 2. The standard InChI is InChI=1S/C23H28N2O3/c1-4-25(5-2)14-9-15-27-22-16-19(26-3)12-13-20(22)23-17-21(24-28-23)18-10-7-6-8-11-18/h6-8,10-13,16-17H,4-5,9,14-15H2,1-3H3. The third-order valence-corrected chi connectivity index (χ3v) is 4.80. The van der Waals surface area contributed by atoms with Gasteiger partial charge in [0, 0.05) is 24.2 Å². The second-order valence-electron chi connectivity index (χ2n) is 6.53. The molecule has 0 amide bonds. The van der Waals surface area contributed by atoms with Gasteiger partial charge in [-0.1, -0.05) is 49.3 Å². The van der Waals surface area contributed by atoms with Gasteiger partial charge in [0.1, 0.15) is 17.2 Å². The van der Waals surface area contributed by atoms with Crippen LogP contribution in [0.4, 0.5) is 0 Å². The van der Waals surface area contributed by atoms with E-state index in [2.05, 4.69) is 23.9 Å². The Balaban J connectivity index is 1.76. The van der Waals surface area contributed by atoms with Crippen LogP contribution >= 0.6 is 0 Å². The molecule has 0 aliphatic carbocycles. The summed E-state index contributed by atoms with van der Waals surface area (Å²) in [6, 6.07) is 17.7. The summed E-state index contributed by atoms with van der Waals surface area (Å²) in [7, 11) is 1.65. The van der Waals surface area contributed by atoms with Crippen LogP contribution in [0, 0.1) is 0 Å². The molecule has 0 fully saturated rings. The minimum atomic E-state index is 0.635. The number of rotatable bonds is 10. The Kier molecular flexibility index (Phi) is 7.09. The first-order chi connectivity index (χ1) is 13.7. The molecule has 5 nitrogen and oxygen atoms in total. The molecule has 0 aliphatic heterocycles. The molecule has 1 aromatic heterocycles. The Labute approximate surface area is 166 Å². The third-order valence-electron chi connectivity index (χ3n) is 4.80. The number of aromatic nitrogens is 1. The molecule has 28 heavy (non-hydrogen) atoms. The van der Waals surface area contributed by atoms with Crippen LogP contribution in [-0.4, -0.2) is 43.4 Å². The molecule has 0 bridgehead atoms. The maximum atomic E-state index is 6.09. The van der Waals surface area contributed by atoms with Crippen LogP contribution in [-0.2, 0) is 0 Å². The summed E-state index contributed by atoms with van der Waals surface area (Å²) in [6.45, 7) is 8.13. The summed E-state index contributed by atoms with van der Waals surface area (Å²) in [6.07, 6.45) is 0.962. The highest BCUT2D eigenvalue weighted by atomic mass is 16.5. The highest BCUT2D eigenvalue weighted by molar-refractivity contribution is 5.71. The monoisotopic (exact) mass is 380 g/mol. The number of benzene rings is 2. The molecule has 0 spiro atoms. The van der Waals surface area contributed by atoms with Gasteiger partial charge in [0.25, 0.3) is 0 Å². The molecule has 1 heterocycles. The van der Waals surface area contributed by atoms with Crippen LogP contribution in [0.2, 0.25) is 0 Å². The summed E-state index contributed by atoms with van der Waals surface area (Å²) in [4.78, 5) is 2.39. The first-order valence-electron chi connectivity index (χ1n) is 9.80. The third kappa shape index (κ3) is 4.93. The zero-order valence-corrected chi connectivity index (χ0v) is 16.9. The maximum absolute atomic E-state index is 6.09. The van der Waals surface area contributed by atoms with Crippen molar-refractivity contribution >= 4 is 0 Å². The number of hydrogen-bond acceptors (Lipinski definition) is 5. The molecule has 0 saturated carbocycles. The van der Waals surface area contributed by atoms with Gasteiger partial charge in [-0.2, -0.15) is 0 Å². The van der Waals surface area contributed by atoms with Gasteiger partial charge in [0.2, 0.25) is 0 Å². The number of nitrogens with zero attached hydrogens (tertiary/aromatic N) is 2. The summed E-state index contributed by atoms with van der Waals surface area (Å²) >= 11 is 0. The zero-order valence-electron chi connectivity index (χ0n) is 16.9. The molecule has 0 atom stereocenters. The highest BCUT2D eigenvalue weighted by Crippen LogP contribution is 2.35. The van der Waals surface area contributed by atoms with Crippen molar-refractivity contribution in [2.75, 3.05) is 33.4 Å². The molecule has 0 aliphatic rings. The first kappa shape index (κ1) is 20.0. The van der Waals surface area contributed by atoms with Gasteiger partial charge < -0.3 is 18.9 Å². The van der Waals surface area contributed by atoms with Crippen LogP contribution in [0.25, 0.3) is 22.6 Å². The number of hydrogen-bond donors (Lipinski definition) is 0. The summed E-state index contributed by atoms with van der Waals surface area (Å²) < 4.78 is 17.1. The Hall–Kier alpha value is -2.79. The predicted molar refractivity (Wildman–Crippen MR) is 112 cm³/mol. The molecular weight excluding hydrogens is 352 g/mol. The topological polar surface area (TPSA) is 47.7 Å². The van der Waals surface area contributed by atoms with Crippen molar-refractivity contribution in [1.82, 2.24) is 10.1 Å². The van der Waals surface area contributed by atoms with Crippen LogP contribution in [0.15, 0.2) is 59.1 Å². The van der Waals surface area contributed by atoms with Crippen molar-refractivity contribution in [3.63, 3.8) is 0 Å². The van der Waals surface area contributed by atoms with Crippen LogP contribution in [0.1, 0.15) is 20.3 Å². The fourth-order valence-electron chi connectivity index (χ4n) is 3.11. The van der Waals surface area contributed by atoms with E-state index in [1.54, 1.807) is 7.11 Å². The van der Waals surface area contributed by atoms with Crippen molar-refractivity contribution in [3.8, 4) is 34.1 Å². The van der Waals surface area contributed by atoms with E-state index in [4.69, 9.17) is 14.0 Å². The van der Waals surface area contributed by atoms with Crippen molar-refractivity contribution < 1.29 is 14.0 Å². The van der Waals surface area contributed by atoms with E-state index >= 15 is 0 Å². The lowest BCUT2D eigenvalue weighted by molar-refractivity contribution is 0.249. The molecule has 2 aromatic carbocycles. The Morgan fingerprint density at radius 1 is 1.00 bits per heavy atom. The van der Waals surface area contributed by atoms with E-state index in [1.165, 1.54) is 0 Å². The van der Waals surface area contributed by atoms with E-state index in [0.29, 0.717) is 12.4 Å². The zero-order chi connectivity index (χ0) is 19.8. The van der Waals surface area contributed by atoms with Crippen molar-refractivity contribution in [2.24, 2.45) is 0 Å². The molecular formula is C23H28N2O3. The van der Waals surface area contributed by atoms with E-state index in [0.717, 1.165) is 54.4 Å². The quantitative estimate of drug-likeness (QED) is 0.457. The van der Waals surface area contributed by atoms with Crippen LogP contribution in [0.5, 0.6) is 11.5 Å². The van der Waals surface area contributed by atoms with Crippen LogP contribution < -0.4 is 9.47 Å². The van der Waals surface area contributed by atoms with Gasteiger partial charge >= 0.3 is 0 Å². The second kappa shape index (κ2) is 9.95. The summed E-state index contributed by atoms with van der Waals surface area (Å²) in [5.41, 5.74) is 2.70. The minimum absolute atomic E-state index is 0.635. The summed E-state index contributed by atoms with van der Waals surface area (Å²) in [5.74, 6) is 2.18. The Bertz CT molecular complexity index is 857. The fraction of sp³-hybridized carbons (Fsp3) is 0.348. The highest BCUT2D eigenvalue weighted by Gasteiger charge is 2.14. The molecule has 3 rings (SSSR count). The SMILES string of the molecule is CCN(CC)CCCOc1cc(OC)ccc1-c1cc(-c2ccccc2)no1. The second-order valence-corrected chi connectivity index (χ2v) is 6.53.